The highest BCUT2D eigenvalue weighted by Crippen LogP contribution is 1.59. The van der Waals surface area contributed by atoms with Crippen LogP contribution in [-0.4, -0.2) is 11.9 Å². The van der Waals surface area contributed by atoms with Crippen LogP contribution in [0.4, 0.5) is 4.79 Å². The minimum Gasteiger partial charge on any atom is -0.350 e. The van der Waals surface area contributed by atoms with Crippen molar-refractivity contribution in [3.05, 3.63) is 12.7 Å². The molecule has 9 heavy (non-hydrogen) atoms. The van der Waals surface area contributed by atoms with Crippen LogP contribution < -0.4 is 16.6 Å². The van der Waals surface area contributed by atoms with Crippen molar-refractivity contribution >= 4 is 11.9 Å². The van der Waals surface area contributed by atoms with Gasteiger partial charge in [0.1, 0.15) is 0 Å². The summed E-state index contributed by atoms with van der Waals surface area (Å²) in [6.45, 7) is 3.13. The quantitative estimate of drug-likeness (QED) is 0.309. The molecule has 3 amide bonds. The summed E-state index contributed by atoms with van der Waals surface area (Å²) in [5, 5.41) is 0. The monoisotopic (exact) mass is 129 g/mol. The molecule has 0 atom stereocenters. The molecule has 0 radical (unpaired) electrons. The molecule has 0 aromatic rings. The van der Waals surface area contributed by atoms with E-state index < -0.39 is 11.9 Å². The van der Waals surface area contributed by atoms with Crippen molar-refractivity contribution < 1.29 is 9.59 Å². The molecule has 0 saturated heterocycles. The molecule has 0 aromatic carbocycles. The number of rotatable bonds is 1. The van der Waals surface area contributed by atoms with E-state index in [-0.39, 0.29) is 0 Å². The standard InChI is InChI=1S/C4H7N3O2/c1-2-3(8)6-7-4(5)9/h2H,1H2,(H,6,8)(H3,5,7,9). The molecule has 0 saturated carbocycles. The fourth-order valence-electron chi connectivity index (χ4n) is 0.174. The first kappa shape index (κ1) is 7.48. The molecule has 0 rings (SSSR count). The van der Waals surface area contributed by atoms with Crippen molar-refractivity contribution in [2.45, 2.75) is 0 Å². The third kappa shape index (κ3) is 4.33. The van der Waals surface area contributed by atoms with E-state index in [0.717, 1.165) is 6.08 Å². The maximum Gasteiger partial charge on any atom is 0.330 e. The van der Waals surface area contributed by atoms with Crippen LogP contribution in [-0.2, 0) is 4.79 Å². The Kier molecular flexibility index (Phi) is 2.89. The maximum absolute atomic E-state index is 10.2. The fourth-order valence-corrected chi connectivity index (χ4v) is 0.174. The minimum atomic E-state index is -0.815. The SMILES string of the molecule is C=CC(=O)NNC(N)=O. The van der Waals surface area contributed by atoms with Crippen LogP contribution in [0.25, 0.3) is 0 Å². The van der Waals surface area contributed by atoms with Gasteiger partial charge in [-0.05, 0) is 6.08 Å². The normalized spacial score (nSPS) is 7.56. The van der Waals surface area contributed by atoms with E-state index >= 15 is 0 Å². The molecule has 0 bridgehead atoms. The lowest BCUT2D eigenvalue weighted by molar-refractivity contribution is -0.117. The van der Waals surface area contributed by atoms with Crippen LogP contribution >= 0.6 is 0 Å². The minimum absolute atomic E-state index is 0.506. The van der Waals surface area contributed by atoms with Gasteiger partial charge in [-0.2, -0.15) is 0 Å². The van der Waals surface area contributed by atoms with Gasteiger partial charge in [0.25, 0.3) is 5.91 Å². The molecule has 4 N–H and O–H groups in total. The predicted octanol–water partition coefficient (Wildman–Crippen LogP) is -1.13. The average Bonchev–Trinajstić information content (AvgIpc) is 1.83. The van der Waals surface area contributed by atoms with Crippen LogP contribution in [0.3, 0.4) is 0 Å². The zero-order chi connectivity index (χ0) is 7.28. The van der Waals surface area contributed by atoms with Gasteiger partial charge in [0.2, 0.25) is 0 Å². The summed E-state index contributed by atoms with van der Waals surface area (Å²) in [6.07, 6.45) is 1.01. The van der Waals surface area contributed by atoms with E-state index in [1.165, 1.54) is 0 Å². The zero-order valence-electron chi connectivity index (χ0n) is 4.68. The Labute approximate surface area is 51.9 Å². The van der Waals surface area contributed by atoms with Crippen molar-refractivity contribution in [2.24, 2.45) is 5.73 Å². The number of hydrogen-bond donors (Lipinski definition) is 3. The maximum atomic E-state index is 10.2. The molecule has 0 unspecified atom stereocenters. The third-order valence-corrected chi connectivity index (χ3v) is 0.494. The lowest BCUT2D eigenvalue weighted by Gasteiger charge is -1.98. The van der Waals surface area contributed by atoms with Gasteiger partial charge in [0, 0.05) is 0 Å². The summed E-state index contributed by atoms with van der Waals surface area (Å²) in [7, 11) is 0. The number of hydrogen-bond acceptors (Lipinski definition) is 2. The highest BCUT2D eigenvalue weighted by Gasteiger charge is 1.91. The number of nitrogens with two attached hydrogens (primary N) is 1. The first-order chi connectivity index (χ1) is 4.16. The molecule has 50 valence electrons. The van der Waals surface area contributed by atoms with Crippen LogP contribution in [0.1, 0.15) is 0 Å². The summed E-state index contributed by atoms with van der Waals surface area (Å²) in [5.74, 6) is -0.506. The average molecular weight is 129 g/mol. The van der Waals surface area contributed by atoms with E-state index in [0.29, 0.717) is 0 Å². The zero-order valence-corrected chi connectivity index (χ0v) is 4.68. The summed E-state index contributed by atoms with van der Waals surface area (Å²) < 4.78 is 0. The number of amides is 3. The summed E-state index contributed by atoms with van der Waals surface area (Å²) in [6, 6.07) is -0.815. The van der Waals surface area contributed by atoms with Crippen molar-refractivity contribution in [3.63, 3.8) is 0 Å². The number of urea groups is 1. The highest BCUT2D eigenvalue weighted by atomic mass is 16.2. The molecule has 5 nitrogen and oxygen atoms in total. The van der Waals surface area contributed by atoms with Gasteiger partial charge < -0.3 is 5.73 Å². The molecule has 0 aliphatic rings. The van der Waals surface area contributed by atoms with Gasteiger partial charge in [-0.25, -0.2) is 10.2 Å². The van der Waals surface area contributed by atoms with Gasteiger partial charge in [-0.1, -0.05) is 6.58 Å². The van der Waals surface area contributed by atoms with Gasteiger partial charge in [-0.3, -0.25) is 10.2 Å². The number of nitrogens with one attached hydrogen (secondary N) is 2. The Morgan fingerprint density at radius 3 is 2.33 bits per heavy atom. The molecule has 0 aliphatic carbocycles. The van der Waals surface area contributed by atoms with E-state index in [2.05, 4.69) is 12.3 Å². The Morgan fingerprint density at radius 2 is 2.00 bits per heavy atom. The van der Waals surface area contributed by atoms with Crippen LogP contribution in [0.15, 0.2) is 12.7 Å². The van der Waals surface area contributed by atoms with Crippen molar-refractivity contribution in [1.29, 1.82) is 0 Å². The Bertz CT molecular complexity index is 143. The van der Waals surface area contributed by atoms with Crippen LogP contribution in [0.2, 0.25) is 0 Å². The van der Waals surface area contributed by atoms with Crippen molar-refractivity contribution in [2.75, 3.05) is 0 Å². The number of hydrazine groups is 1. The second-order valence-corrected chi connectivity index (χ2v) is 1.18. The van der Waals surface area contributed by atoms with E-state index in [9.17, 15) is 9.59 Å². The molecular weight excluding hydrogens is 122 g/mol. The first-order valence-electron chi connectivity index (χ1n) is 2.14. The summed E-state index contributed by atoms with van der Waals surface area (Å²) in [4.78, 5) is 20.1. The largest absolute Gasteiger partial charge is 0.350 e. The summed E-state index contributed by atoms with van der Waals surface area (Å²) >= 11 is 0. The van der Waals surface area contributed by atoms with E-state index in [1.807, 2.05) is 10.9 Å². The van der Waals surface area contributed by atoms with E-state index in [4.69, 9.17) is 0 Å². The number of carbonyl (C=O) groups excluding carboxylic acids is 2. The Balaban J connectivity index is 3.39. The second kappa shape index (κ2) is 3.48. The van der Waals surface area contributed by atoms with E-state index in [1.54, 1.807) is 0 Å². The van der Waals surface area contributed by atoms with Gasteiger partial charge in [0.15, 0.2) is 0 Å². The van der Waals surface area contributed by atoms with Gasteiger partial charge in [0.05, 0.1) is 0 Å². The lowest BCUT2D eigenvalue weighted by Crippen LogP contribution is -2.43. The topological polar surface area (TPSA) is 84.2 Å². The molecule has 0 fully saturated rings. The fraction of sp³-hybridized carbons (Fsp3) is 0. The number of primary amides is 1. The molecule has 5 heteroatoms. The second-order valence-electron chi connectivity index (χ2n) is 1.18. The molecule has 0 spiro atoms. The number of carbonyl (C=O) groups is 2. The van der Waals surface area contributed by atoms with Gasteiger partial charge in [-0.15, -0.1) is 0 Å². The smallest absolute Gasteiger partial charge is 0.330 e. The van der Waals surface area contributed by atoms with Gasteiger partial charge >= 0.3 is 6.03 Å². The van der Waals surface area contributed by atoms with Crippen molar-refractivity contribution in [3.8, 4) is 0 Å². The third-order valence-electron chi connectivity index (χ3n) is 0.494. The molecule has 0 aliphatic heterocycles. The van der Waals surface area contributed by atoms with Crippen LogP contribution in [0.5, 0.6) is 0 Å². The predicted molar refractivity (Wildman–Crippen MR) is 31.1 cm³/mol. The lowest BCUT2D eigenvalue weighted by atomic mass is 10.6. The molecule has 0 aromatic heterocycles. The summed E-state index contributed by atoms with van der Waals surface area (Å²) in [5.41, 5.74) is 8.41. The van der Waals surface area contributed by atoms with Crippen LogP contribution in [0, 0.1) is 0 Å². The first-order valence-corrected chi connectivity index (χ1v) is 2.14. The Morgan fingerprint density at radius 1 is 1.44 bits per heavy atom. The molecule has 0 heterocycles. The Hall–Kier alpha value is -1.52. The highest BCUT2D eigenvalue weighted by molar-refractivity contribution is 5.88. The van der Waals surface area contributed by atoms with Crippen molar-refractivity contribution in [1.82, 2.24) is 10.9 Å². The molecular formula is C4H7N3O2.